The van der Waals surface area contributed by atoms with E-state index in [2.05, 4.69) is 37.2 Å². The molecule has 6 atom stereocenters. The zero-order valence-corrected chi connectivity index (χ0v) is 40.9. The number of hydrogen-bond donors (Lipinski definition) is 10. The Morgan fingerprint density at radius 1 is 0.779 bits per heavy atom. The van der Waals surface area contributed by atoms with Crippen LogP contribution in [0.3, 0.4) is 0 Å². The van der Waals surface area contributed by atoms with Crippen LogP contribution in [-0.2, 0) is 51.2 Å². The molecule has 13 N–H and O–H groups in total. The van der Waals surface area contributed by atoms with Gasteiger partial charge >= 0.3 is 0 Å². The molecule has 4 rings (SSSR count). The van der Waals surface area contributed by atoms with Crippen molar-refractivity contribution in [1.82, 2.24) is 37.2 Å². The van der Waals surface area contributed by atoms with E-state index in [1.807, 2.05) is 13.0 Å². The molecule has 1 aliphatic carbocycles. The maximum atomic E-state index is 14.5. The van der Waals surface area contributed by atoms with Crippen LogP contribution in [0.15, 0.2) is 54.6 Å². The summed E-state index contributed by atoms with van der Waals surface area (Å²) in [4.78, 5) is 111. The second-order valence-electron chi connectivity index (χ2n) is 17.5. The molecular formula is C47H70N10O9S2. The fraction of sp³-hybridized carbons (Fsp3) is 0.574. The molecule has 374 valence electrons. The number of ether oxygens (including phenoxy) is 1. The van der Waals surface area contributed by atoms with Gasteiger partial charge in [-0.2, -0.15) is 0 Å². The Labute approximate surface area is 406 Å². The number of amides is 8. The monoisotopic (exact) mass is 982 g/mol. The van der Waals surface area contributed by atoms with Crippen molar-refractivity contribution >= 4 is 68.8 Å². The lowest BCUT2D eigenvalue weighted by Gasteiger charge is -2.36. The number of nitrogens with one attached hydrogen (secondary N) is 7. The summed E-state index contributed by atoms with van der Waals surface area (Å²) in [7, 11) is 2.66. The number of primary amides is 1. The summed E-state index contributed by atoms with van der Waals surface area (Å²) in [6, 6.07) is 8.53. The van der Waals surface area contributed by atoms with Crippen LogP contribution in [0.25, 0.3) is 0 Å². The largest absolute Gasteiger partial charge is 0.494 e. The zero-order chi connectivity index (χ0) is 49.6. The summed E-state index contributed by atoms with van der Waals surface area (Å²) in [5.41, 5.74) is 18.4. The number of carbonyl (C=O) groups is 8. The minimum atomic E-state index is -1.59. The highest BCUT2D eigenvalue weighted by Gasteiger charge is 2.39. The predicted octanol–water partition coefficient (Wildman–Crippen LogP) is 0.612. The molecule has 1 heterocycles. The molecule has 68 heavy (non-hydrogen) atoms. The maximum absolute atomic E-state index is 14.5. The molecule has 21 heteroatoms. The average Bonchev–Trinajstić information content (AvgIpc) is 3.30. The molecule has 2 aliphatic rings. The summed E-state index contributed by atoms with van der Waals surface area (Å²) in [5, 5.41) is 19.3. The lowest BCUT2D eigenvalue weighted by atomic mass is 9.85. The number of carbonyl (C=O) groups excluding carboxylic acids is 8. The van der Waals surface area contributed by atoms with Gasteiger partial charge in [0.1, 0.15) is 42.0 Å². The Hall–Kier alpha value is -5.38. The quantitative estimate of drug-likeness (QED) is 0.0974. The van der Waals surface area contributed by atoms with Gasteiger partial charge in [0.05, 0.1) is 13.0 Å². The molecule has 1 spiro atoms. The average molecular weight is 983 g/mol. The van der Waals surface area contributed by atoms with E-state index in [-0.39, 0.29) is 51.1 Å². The van der Waals surface area contributed by atoms with E-state index < -0.39 is 101 Å². The first-order valence-electron chi connectivity index (χ1n) is 23.4. The number of rotatable bonds is 17. The molecule has 1 saturated carbocycles. The Balaban J connectivity index is 1.78. The zero-order valence-electron chi connectivity index (χ0n) is 39.3. The summed E-state index contributed by atoms with van der Waals surface area (Å²) < 4.78 is 4.98. The fourth-order valence-corrected chi connectivity index (χ4v) is 11.4. The summed E-state index contributed by atoms with van der Waals surface area (Å²) >= 11 is 0. The van der Waals surface area contributed by atoms with E-state index in [9.17, 15) is 38.4 Å². The van der Waals surface area contributed by atoms with E-state index in [1.165, 1.54) is 21.6 Å². The Morgan fingerprint density at radius 3 is 2.01 bits per heavy atom. The molecule has 0 aromatic heterocycles. The molecule has 2 aromatic carbocycles. The van der Waals surface area contributed by atoms with Crippen LogP contribution in [0.4, 0.5) is 0 Å². The second-order valence-corrected chi connectivity index (χ2v) is 20.3. The van der Waals surface area contributed by atoms with Gasteiger partial charge in [-0.05, 0) is 68.3 Å². The van der Waals surface area contributed by atoms with Crippen molar-refractivity contribution in [2.45, 2.75) is 132 Å². The third-order valence-corrected chi connectivity index (χ3v) is 15.0. The lowest BCUT2D eigenvalue weighted by molar-refractivity contribution is -0.136. The normalized spacial score (nSPS) is 22.6. The SMILES string of the molecule is CCOc1ccc(CC2NC(=O)CC3(CCCCC3)SSCC(C(=O)N[C@H](CCCN)C(=O)NCCN)NC(=O)[C@H](CC(N)=O)NC(=O)[C@H](C(C)C)NC(=O)C(Cc3ccccc3)NC2=O)cc1. The van der Waals surface area contributed by atoms with Gasteiger partial charge in [0, 0.05) is 42.9 Å². The fourth-order valence-electron chi connectivity index (χ4n) is 8.01. The highest BCUT2D eigenvalue weighted by Crippen LogP contribution is 2.48. The Bertz CT molecular complexity index is 2010. The number of hydrogen-bond acceptors (Lipinski definition) is 13. The first kappa shape index (κ1) is 55.2. The van der Waals surface area contributed by atoms with Crippen molar-refractivity contribution in [2.75, 3.05) is 32.0 Å². The van der Waals surface area contributed by atoms with Crippen LogP contribution in [0, 0.1) is 5.92 Å². The summed E-state index contributed by atoms with van der Waals surface area (Å²) in [5.74, 6) is -5.66. The van der Waals surface area contributed by atoms with E-state index in [0.717, 1.165) is 24.8 Å². The highest BCUT2D eigenvalue weighted by molar-refractivity contribution is 8.77. The van der Waals surface area contributed by atoms with Gasteiger partial charge in [0.2, 0.25) is 47.3 Å². The van der Waals surface area contributed by atoms with Crippen molar-refractivity contribution in [1.29, 1.82) is 0 Å². The molecule has 2 aromatic rings. The molecular weight excluding hydrogens is 913 g/mol. The van der Waals surface area contributed by atoms with Crippen LogP contribution in [0.2, 0.25) is 0 Å². The maximum Gasteiger partial charge on any atom is 0.244 e. The topological polar surface area (TPSA) is 308 Å². The predicted molar refractivity (Wildman–Crippen MR) is 263 cm³/mol. The molecule has 2 fully saturated rings. The van der Waals surface area contributed by atoms with Gasteiger partial charge in [0.25, 0.3) is 0 Å². The second kappa shape index (κ2) is 28.2. The van der Waals surface area contributed by atoms with Crippen molar-refractivity contribution in [3.05, 3.63) is 65.7 Å². The van der Waals surface area contributed by atoms with Crippen LogP contribution >= 0.6 is 21.6 Å². The summed E-state index contributed by atoms with van der Waals surface area (Å²) in [6.07, 6.45) is 3.90. The van der Waals surface area contributed by atoms with Crippen LogP contribution in [0.1, 0.15) is 89.7 Å². The van der Waals surface area contributed by atoms with Crippen LogP contribution < -0.4 is 59.2 Å². The highest BCUT2D eigenvalue weighted by atomic mass is 33.1. The first-order valence-corrected chi connectivity index (χ1v) is 25.7. The molecule has 3 unspecified atom stereocenters. The van der Waals surface area contributed by atoms with Gasteiger partial charge in [-0.25, -0.2) is 0 Å². The van der Waals surface area contributed by atoms with Crippen LogP contribution in [-0.4, -0.2) is 120 Å². The molecule has 0 radical (unpaired) electrons. The Kier molecular flexibility index (Phi) is 22.9. The van der Waals surface area contributed by atoms with E-state index in [0.29, 0.717) is 37.2 Å². The van der Waals surface area contributed by atoms with Gasteiger partial charge in [0.15, 0.2) is 0 Å². The lowest BCUT2D eigenvalue weighted by Crippen LogP contribution is -2.61. The number of nitrogens with two attached hydrogens (primary N) is 3. The number of benzene rings is 2. The van der Waals surface area contributed by atoms with E-state index in [4.69, 9.17) is 21.9 Å². The minimum absolute atomic E-state index is 0.0140. The molecule has 1 saturated heterocycles. The minimum Gasteiger partial charge on any atom is -0.494 e. The molecule has 8 amide bonds. The third-order valence-electron chi connectivity index (χ3n) is 11.7. The van der Waals surface area contributed by atoms with Crippen molar-refractivity contribution in [3.8, 4) is 5.75 Å². The van der Waals surface area contributed by atoms with Gasteiger partial charge in [-0.15, -0.1) is 0 Å². The van der Waals surface area contributed by atoms with Crippen LogP contribution in [0.5, 0.6) is 5.75 Å². The molecule has 19 nitrogen and oxygen atoms in total. The Morgan fingerprint density at radius 2 is 1.40 bits per heavy atom. The molecule has 0 bridgehead atoms. The van der Waals surface area contributed by atoms with Crippen molar-refractivity contribution in [3.63, 3.8) is 0 Å². The standard InChI is InChI=1S/C47H70N10O9S2/c1-4-66-32-17-15-31(16-18-32)25-34-42(61)54-35(24-30-12-7-5-8-13-30)44(63)57-40(29(2)3)46(65)55-36(26-38(50)58)43(62)56-37(45(64)53-33(14-11-21-48)41(60)51-23-22-49)28-67-68-47(27-39(59)52-34)19-9-6-10-20-47/h5,7-8,12-13,15-18,29,33-37,40H,4,6,9-11,14,19-28,48-49H2,1-3H3,(H2,50,58)(H,51,60)(H,52,59)(H,53,64)(H,54,61)(H,55,65)(H,56,62)(H,57,63)/t33-,34?,35?,36+,37?,40+/m1/s1. The van der Waals surface area contributed by atoms with Gasteiger partial charge < -0.3 is 59.2 Å². The third kappa shape index (κ3) is 17.9. The van der Waals surface area contributed by atoms with Crippen molar-refractivity contribution in [2.24, 2.45) is 23.1 Å². The van der Waals surface area contributed by atoms with Gasteiger partial charge in [-0.1, -0.05) is 97.2 Å². The van der Waals surface area contributed by atoms with Gasteiger partial charge in [-0.3, -0.25) is 38.4 Å². The smallest absolute Gasteiger partial charge is 0.244 e. The first-order chi connectivity index (χ1) is 32.6. The molecule has 1 aliphatic heterocycles. The van der Waals surface area contributed by atoms with E-state index in [1.54, 1.807) is 62.4 Å². The summed E-state index contributed by atoms with van der Waals surface area (Å²) in [6.45, 7) is 6.22. The van der Waals surface area contributed by atoms with Crippen molar-refractivity contribution < 1.29 is 43.1 Å². The van der Waals surface area contributed by atoms with E-state index >= 15 is 0 Å².